The van der Waals surface area contributed by atoms with Crippen LogP contribution in [0.3, 0.4) is 0 Å². The van der Waals surface area contributed by atoms with E-state index in [-0.39, 0.29) is 5.04 Å². The lowest BCUT2D eigenvalue weighted by molar-refractivity contribution is 0.172. The summed E-state index contributed by atoms with van der Waals surface area (Å²) in [5.41, 5.74) is 10.1. The van der Waals surface area contributed by atoms with Gasteiger partial charge in [0.15, 0.2) is 8.32 Å². The van der Waals surface area contributed by atoms with E-state index in [2.05, 4.69) is 51.8 Å². The lowest BCUT2D eigenvalue weighted by Crippen LogP contribution is -2.44. The van der Waals surface area contributed by atoms with Gasteiger partial charge in [-0.2, -0.15) is 0 Å². The van der Waals surface area contributed by atoms with E-state index < -0.39 is 8.32 Å². The molecule has 1 aliphatic carbocycles. The Labute approximate surface area is 136 Å². The molecular formula is C18H30N2OSi. The van der Waals surface area contributed by atoms with Crippen LogP contribution in [-0.2, 0) is 4.43 Å². The third kappa shape index (κ3) is 3.79. The highest BCUT2D eigenvalue weighted by Crippen LogP contribution is 2.39. The van der Waals surface area contributed by atoms with Crippen LogP contribution in [0.25, 0.3) is 5.57 Å². The Morgan fingerprint density at radius 3 is 2.50 bits per heavy atom. The fraction of sp³-hybridized carbons (Fsp3) is 0.611. The van der Waals surface area contributed by atoms with Crippen molar-refractivity contribution in [2.45, 2.75) is 71.2 Å². The third-order valence-corrected chi connectivity index (χ3v) is 9.57. The van der Waals surface area contributed by atoms with Crippen molar-refractivity contribution in [2.24, 2.45) is 0 Å². The van der Waals surface area contributed by atoms with Gasteiger partial charge in [-0.25, -0.2) is 0 Å². The summed E-state index contributed by atoms with van der Waals surface area (Å²) in [5, 5.41) is 0.270. The van der Waals surface area contributed by atoms with Gasteiger partial charge in [0.1, 0.15) is 0 Å². The number of hydrogen-bond donors (Lipinski definition) is 1. The molecule has 3 nitrogen and oxygen atoms in total. The molecule has 122 valence electrons. The molecule has 2 rings (SSSR count). The Kier molecular flexibility index (Phi) is 4.83. The Hall–Kier alpha value is -1.13. The number of nitrogens with two attached hydrogens (primary N) is 1. The number of aryl methyl sites for hydroxylation is 1. The van der Waals surface area contributed by atoms with Crippen LogP contribution in [0.2, 0.25) is 18.1 Å². The molecular weight excluding hydrogens is 288 g/mol. The Morgan fingerprint density at radius 2 is 2.00 bits per heavy atom. The van der Waals surface area contributed by atoms with E-state index in [1.165, 1.54) is 5.57 Å². The molecule has 0 amide bonds. The van der Waals surface area contributed by atoms with Crippen molar-refractivity contribution in [2.75, 3.05) is 5.73 Å². The van der Waals surface area contributed by atoms with Gasteiger partial charge in [-0.3, -0.25) is 4.98 Å². The second-order valence-corrected chi connectivity index (χ2v) is 12.7. The zero-order valence-corrected chi connectivity index (χ0v) is 15.9. The van der Waals surface area contributed by atoms with E-state index in [1.807, 2.05) is 6.07 Å². The van der Waals surface area contributed by atoms with Crippen LogP contribution in [0.1, 0.15) is 51.3 Å². The fourth-order valence-corrected chi connectivity index (χ4v) is 4.06. The number of nitrogen functional groups attached to an aromatic ring is 1. The van der Waals surface area contributed by atoms with Crippen molar-refractivity contribution < 1.29 is 4.43 Å². The second kappa shape index (κ2) is 6.17. The molecule has 0 saturated carbocycles. The predicted molar refractivity (Wildman–Crippen MR) is 97.3 cm³/mol. The van der Waals surface area contributed by atoms with Gasteiger partial charge in [0.05, 0.1) is 17.6 Å². The number of hydrogen-bond acceptors (Lipinski definition) is 3. The number of rotatable bonds is 3. The highest BCUT2D eigenvalue weighted by Gasteiger charge is 2.39. The molecule has 0 bridgehead atoms. The molecule has 1 aliphatic rings. The highest BCUT2D eigenvalue weighted by atomic mass is 28.4. The quantitative estimate of drug-likeness (QED) is 0.804. The number of pyridine rings is 1. The number of allylic oxidation sites excluding steroid dienone is 1. The molecule has 0 fully saturated rings. The Balaban J connectivity index is 2.07. The van der Waals surface area contributed by atoms with Crippen molar-refractivity contribution >= 4 is 19.6 Å². The third-order valence-electron chi connectivity index (χ3n) is 5.03. The van der Waals surface area contributed by atoms with Crippen LogP contribution >= 0.6 is 0 Å². The van der Waals surface area contributed by atoms with Gasteiger partial charge in [-0.05, 0) is 61.5 Å². The Bertz CT molecular complexity index is 573. The molecule has 0 spiro atoms. The first kappa shape index (κ1) is 17.2. The average molecular weight is 319 g/mol. The molecule has 1 aromatic rings. The minimum atomic E-state index is -1.67. The van der Waals surface area contributed by atoms with Crippen LogP contribution in [0.5, 0.6) is 0 Å². The van der Waals surface area contributed by atoms with Gasteiger partial charge in [0.25, 0.3) is 0 Å². The van der Waals surface area contributed by atoms with Crippen molar-refractivity contribution in [1.29, 1.82) is 0 Å². The first-order valence-electron chi connectivity index (χ1n) is 8.19. The fourth-order valence-electron chi connectivity index (χ4n) is 2.66. The summed E-state index contributed by atoms with van der Waals surface area (Å²) in [5.74, 6) is 0. The largest absolute Gasteiger partial charge is 0.414 e. The van der Waals surface area contributed by atoms with E-state index >= 15 is 0 Å². The second-order valence-electron chi connectivity index (χ2n) is 7.94. The van der Waals surface area contributed by atoms with Gasteiger partial charge < -0.3 is 10.2 Å². The van der Waals surface area contributed by atoms with Crippen LogP contribution in [-0.4, -0.2) is 19.4 Å². The monoisotopic (exact) mass is 318 g/mol. The molecule has 2 N–H and O–H groups in total. The summed E-state index contributed by atoms with van der Waals surface area (Å²) >= 11 is 0. The van der Waals surface area contributed by atoms with Crippen molar-refractivity contribution in [1.82, 2.24) is 4.98 Å². The van der Waals surface area contributed by atoms with E-state index in [9.17, 15) is 0 Å². The van der Waals surface area contributed by atoms with Gasteiger partial charge in [0, 0.05) is 6.10 Å². The molecule has 1 atom stereocenters. The maximum Gasteiger partial charge on any atom is 0.192 e. The SMILES string of the molecule is Cc1cc(N)cnc1C1=CCC(O[Si](C)(C)C(C)(C)C)CC1. The van der Waals surface area contributed by atoms with Crippen LogP contribution in [0.15, 0.2) is 18.3 Å². The maximum atomic E-state index is 6.53. The van der Waals surface area contributed by atoms with Crippen molar-refractivity contribution in [3.63, 3.8) is 0 Å². The van der Waals surface area contributed by atoms with E-state index in [4.69, 9.17) is 10.2 Å². The number of aromatic nitrogens is 1. The minimum Gasteiger partial charge on any atom is -0.414 e. The maximum absolute atomic E-state index is 6.53. The molecule has 1 unspecified atom stereocenters. The molecule has 0 aromatic carbocycles. The number of anilines is 1. The summed E-state index contributed by atoms with van der Waals surface area (Å²) in [6.07, 6.45) is 7.54. The zero-order chi connectivity index (χ0) is 16.5. The Morgan fingerprint density at radius 1 is 1.32 bits per heavy atom. The van der Waals surface area contributed by atoms with Crippen LogP contribution in [0.4, 0.5) is 5.69 Å². The highest BCUT2D eigenvalue weighted by molar-refractivity contribution is 6.74. The van der Waals surface area contributed by atoms with Crippen LogP contribution in [0, 0.1) is 6.92 Å². The smallest absolute Gasteiger partial charge is 0.192 e. The molecule has 4 heteroatoms. The minimum absolute atomic E-state index is 0.270. The average Bonchev–Trinajstić information content (AvgIpc) is 2.38. The summed E-state index contributed by atoms with van der Waals surface area (Å²) in [6, 6.07) is 2.00. The molecule has 0 aliphatic heterocycles. The predicted octanol–water partition coefficient (Wildman–Crippen LogP) is 4.93. The molecule has 22 heavy (non-hydrogen) atoms. The van der Waals surface area contributed by atoms with E-state index in [0.29, 0.717) is 6.10 Å². The summed E-state index contributed by atoms with van der Waals surface area (Å²) in [6.45, 7) is 13.6. The number of nitrogens with zero attached hydrogens (tertiary/aromatic N) is 1. The normalized spacial score (nSPS) is 19.9. The molecule has 0 radical (unpaired) electrons. The summed E-state index contributed by atoms with van der Waals surface area (Å²) in [4.78, 5) is 4.51. The van der Waals surface area contributed by atoms with E-state index in [1.54, 1.807) is 6.20 Å². The van der Waals surface area contributed by atoms with Crippen LogP contribution < -0.4 is 5.73 Å². The molecule has 0 saturated heterocycles. The first-order chi connectivity index (χ1) is 10.1. The lowest BCUT2D eigenvalue weighted by atomic mass is 9.93. The van der Waals surface area contributed by atoms with Crippen molar-refractivity contribution in [3.05, 3.63) is 29.6 Å². The topological polar surface area (TPSA) is 48.1 Å². The van der Waals surface area contributed by atoms with Gasteiger partial charge >= 0.3 is 0 Å². The zero-order valence-electron chi connectivity index (χ0n) is 14.9. The molecule has 1 aromatic heterocycles. The molecule has 1 heterocycles. The first-order valence-corrected chi connectivity index (χ1v) is 11.1. The van der Waals surface area contributed by atoms with Gasteiger partial charge in [-0.15, -0.1) is 0 Å². The summed E-state index contributed by atoms with van der Waals surface area (Å²) < 4.78 is 6.53. The summed E-state index contributed by atoms with van der Waals surface area (Å²) in [7, 11) is -1.67. The van der Waals surface area contributed by atoms with Crippen molar-refractivity contribution in [3.8, 4) is 0 Å². The van der Waals surface area contributed by atoms with Gasteiger partial charge in [-0.1, -0.05) is 26.8 Å². The lowest BCUT2D eigenvalue weighted by Gasteiger charge is -2.40. The van der Waals surface area contributed by atoms with E-state index in [0.717, 1.165) is 36.2 Å². The standard InChI is InChI=1S/C18H30N2OSi/c1-13-11-15(19)12-20-17(13)14-7-9-16(10-8-14)21-22(5,6)18(2,3)4/h7,11-12,16H,8-10,19H2,1-6H3. The van der Waals surface area contributed by atoms with Gasteiger partial charge in [0.2, 0.25) is 0 Å².